The van der Waals surface area contributed by atoms with Crippen LogP contribution in [0.2, 0.25) is 0 Å². The monoisotopic (exact) mass is 144 g/mol. The summed E-state index contributed by atoms with van der Waals surface area (Å²) in [5, 5.41) is 0. The van der Waals surface area contributed by atoms with E-state index in [1.807, 2.05) is 0 Å². The second-order valence-electron chi connectivity index (χ2n) is 0.236. The van der Waals surface area contributed by atoms with Crippen LogP contribution >= 0.6 is 0 Å². The molecule has 4 N–H and O–H groups in total. The Kier molecular flexibility index (Phi) is 117. The quantitative estimate of drug-likeness (QED) is 0.234. The number of nitrogens with two attached hydrogens (primary N) is 2. The van der Waals surface area contributed by atoms with Gasteiger partial charge in [0.05, 0.1) is 0 Å². The third-order valence-corrected chi connectivity index (χ3v) is 0. The Balaban J connectivity index is -0.0000000400. The van der Waals surface area contributed by atoms with Gasteiger partial charge >= 0.3 is 17.1 Å². The van der Waals surface area contributed by atoms with E-state index in [0.29, 0.717) is 0 Å². The molecule has 0 aliphatic heterocycles. The van der Waals surface area contributed by atoms with Gasteiger partial charge in [-0.2, -0.15) is 12.8 Å². The molecular formula is C2H4FeN2O2. The van der Waals surface area contributed by atoms with Gasteiger partial charge in [0.25, 0.3) is 0 Å². The summed E-state index contributed by atoms with van der Waals surface area (Å²) in [4.78, 5) is 16.9. The average molecular weight is 144 g/mol. The summed E-state index contributed by atoms with van der Waals surface area (Å²) in [7, 11) is 0. The Morgan fingerprint density at radius 2 is 1.00 bits per heavy atom. The molecule has 0 aliphatic rings. The zero-order valence-corrected chi connectivity index (χ0v) is 4.43. The Labute approximate surface area is 51.7 Å². The topological polar surface area (TPSA) is 86.2 Å². The number of carbonyl (C=O) groups excluding carboxylic acids is 2. The van der Waals surface area contributed by atoms with Crippen molar-refractivity contribution in [3.63, 3.8) is 0 Å². The standard InChI is InChI=1S/2CH2NO.Fe/c2*2-1-3;/h2*(H2,2,3);/q2*-1;+2. The fraction of sp³-hybridized carbons (Fsp3) is 0. The summed E-state index contributed by atoms with van der Waals surface area (Å²) in [6, 6.07) is 0. The third kappa shape index (κ3) is 224. The van der Waals surface area contributed by atoms with Crippen molar-refractivity contribution in [1.29, 1.82) is 0 Å². The van der Waals surface area contributed by atoms with Gasteiger partial charge in [0.15, 0.2) is 0 Å². The first-order valence-corrected chi connectivity index (χ1v) is 0.986. The van der Waals surface area contributed by atoms with Crippen LogP contribution in [0.3, 0.4) is 0 Å². The van der Waals surface area contributed by atoms with Gasteiger partial charge in [-0.3, -0.25) is 0 Å². The summed E-state index contributed by atoms with van der Waals surface area (Å²) in [6.07, 6.45) is 2.00. The number of amides is 2. The molecule has 0 radical (unpaired) electrons. The van der Waals surface area contributed by atoms with Crippen LogP contribution in [0.1, 0.15) is 0 Å². The van der Waals surface area contributed by atoms with Crippen molar-refractivity contribution in [2.75, 3.05) is 0 Å². The summed E-state index contributed by atoms with van der Waals surface area (Å²) in [6.45, 7) is 0. The summed E-state index contributed by atoms with van der Waals surface area (Å²) < 4.78 is 0. The maximum absolute atomic E-state index is 8.46. The average Bonchev–Trinajstić information content (AvgIpc) is 1.39. The fourth-order valence-electron chi connectivity index (χ4n) is 0. The van der Waals surface area contributed by atoms with E-state index in [2.05, 4.69) is 11.5 Å². The van der Waals surface area contributed by atoms with Crippen molar-refractivity contribution in [3.8, 4) is 0 Å². The zero-order chi connectivity index (χ0) is 5.41. The zero-order valence-electron chi connectivity index (χ0n) is 3.32. The predicted octanol–water partition coefficient (Wildman–Crippen LogP) is -1.98. The fourth-order valence-corrected chi connectivity index (χ4v) is 0. The molecule has 0 aliphatic carbocycles. The molecule has 5 heteroatoms. The van der Waals surface area contributed by atoms with Crippen molar-refractivity contribution in [3.05, 3.63) is 0 Å². The molecule has 0 heterocycles. The summed E-state index contributed by atoms with van der Waals surface area (Å²) in [5.41, 5.74) is 8.08. The second-order valence-corrected chi connectivity index (χ2v) is 0.236. The largest absolute Gasteiger partial charge is 2.00 e. The van der Waals surface area contributed by atoms with Crippen molar-refractivity contribution in [1.82, 2.24) is 0 Å². The van der Waals surface area contributed by atoms with Crippen LogP contribution in [0.5, 0.6) is 0 Å². The van der Waals surface area contributed by atoms with E-state index in [4.69, 9.17) is 9.59 Å². The van der Waals surface area contributed by atoms with Crippen LogP contribution in [0.4, 0.5) is 0 Å². The molecule has 0 unspecified atom stereocenters. The molecule has 0 bridgehead atoms. The Morgan fingerprint density at radius 1 is 1.00 bits per heavy atom. The maximum atomic E-state index is 8.46. The molecule has 0 atom stereocenters. The van der Waals surface area contributed by atoms with E-state index >= 15 is 0 Å². The van der Waals surface area contributed by atoms with Crippen molar-refractivity contribution < 1.29 is 26.7 Å². The summed E-state index contributed by atoms with van der Waals surface area (Å²) >= 11 is 0. The minimum atomic E-state index is 0. The minimum absolute atomic E-state index is 0. The third-order valence-electron chi connectivity index (χ3n) is 0. The van der Waals surface area contributed by atoms with E-state index < -0.39 is 0 Å². The minimum Gasteiger partial charge on any atom is -0.543 e. The Morgan fingerprint density at radius 3 is 1.00 bits per heavy atom. The molecule has 0 saturated carbocycles. The van der Waals surface area contributed by atoms with E-state index in [1.165, 1.54) is 0 Å². The molecule has 0 saturated heterocycles. The van der Waals surface area contributed by atoms with Gasteiger partial charge in [-0.15, -0.1) is 0 Å². The Bertz CT molecular complexity index is 34.7. The molecule has 0 aromatic rings. The molecule has 42 valence electrons. The van der Waals surface area contributed by atoms with Crippen LogP contribution in [0, 0.1) is 0 Å². The number of primary amides is 2. The van der Waals surface area contributed by atoms with E-state index in [-0.39, 0.29) is 17.1 Å². The molecule has 0 aromatic heterocycles. The van der Waals surface area contributed by atoms with Crippen LogP contribution in [0.15, 0.2) is 0 Å². The molecule has 0 fully saturated rings. The molecular weight excluding hydrogens is 140 g/mol. The molecule has 4 nitrogen and oxygen atoms in total. The van der Waals surface area contributed by atoms with Gasteiger partial charge in [-0.1, -0.05) is 0 Å². The van der Waals surface area contributed by atoms with E-state index in [9.17, 15) is 0 Å². The molecule has 7 heavy (non-hydrogen) atoms. The van der Waals surface area contributed by atoms with Crippen molar-refractivity contribution >= 4 is 12.8 Å². The van der Waals surface area contributed by atoms with Gasteiger partial charge in [0.1, 0.15) is 0 Å². The summed E-state index contributed by atoms with van der Waals surface area (Å²) in [5.74, 6) is 0. The van der Waals surface area contributed by atoms with E-state index in [1.54, 1.807) is 0 Å². The van der Waals surface area contributed by atoms with Gasteiger partial charge in [0, 0.05) is 0 Å². The van der Waals surface area contributed by atoms with Gasteiger partial charge in [0.2, 0.25) is 0 Å². The smallest absolute Gasteiger partial charge is 0.543 e. The van der Waals surface area contributed by atoms with E-state index in [0.717, 1.165) is 12.8 Å². The molecule has 0 spiro atoms. The van der Waals surface area contributed by atoms with Crippen LogP contribution in [0.25, 0.3) is 0 Å². The van der Waals surface area contributed by atoms with Gasteiger partial charge in [-0.05, 0) is 0 Å². The molecule has 2 amide bonds. The van der Waals surface area contributed by atoms with Crippen LogP contribution in [-0.2, 0) is 26.7 Å². The first kappa shape index (κ1) is 16.1. The van der Waals surface area contributed by atoms with Crippen molar-refractivity contribution in [2.24, 2.45) is 11.5 Å². The SMILES string of the molecule is N[C-]=O.N[C-]=O.[Fe+2]. The van der Waals surface area contributed by atoms with Crippen LogP contribution in [-0.4, -0.2) is 12.8 Å². The van der Waals surface area contributed by atoms with Crippen LogP contribution < -0.4 is 11.5 Å². The first-order valence-electron chi connectivity index (χ1n) is 0.986. The number of hydrogen-bond donors (Lipinski definition) is 2. The second kappa shape index (κ2) is 51.0. The Hall–Kier alpha value is -0.541. The number of rotatable bonds is 0. The van der Waals surface area contributed by atoms with Gasteiger partial charge in [-0.25, -0.2) is 0 Å². The van der Waals surface area contributed by atoms with Crippen molar-refractivity contribution in [2.45, 2.75) is 0 Å². The maximum Gasteiger partial charge on any atom is 2.00 e. The first-order chi connectivity index (χ1) is 2.83. The molecule has 0 aromatic carbocycles. The normalized spacial score (nSPS) is 3.43. The van der Waals surface area contributed by atoms with Gasteiger partial charge < -0.3 is 21.1 Å². The predicted molar refractivity (Wildman–Crippen MR) is 19.8 cm³/mol. The molecule has 0 rings (SSSR count). The number of hydrogen-bond acceptors (Lipinski definition) is 2.